The number of nitrogens with two attached hydrogens (primary N) is 1. The van der Waals surface area contributed by atoms with Gasteiger partial charge in [0.25, 0.3) is 0 Å². The molecule has 0 aliphatic carbocycles. The van der Waals surface area contributed by atoms with Crippen LogP contribution in [0.3, 0.4) is 0 Å². The minimum Gasteiger partial charge on any atom is -0.330 e. The Balaban J connectivity index is 1.79. The second-order valence-corrected chi connectivity index (χ2v) is 6.02. The van der Waals surface area contributed by atoms with Gasteiger partial charge in [0.05, 0.1) is 0 Å². The van der Waals surface area contributed by atoms with E-state index in [4.69, 9.17) is 5.73 Å². The second kappa shape index (κ2) is 4.86. The Labute approximate surface area is 91.6 Å². The molecule has 0 spiro atoms. The van der Waals surface area contributed by atoms with Crippen LogP contribution in [0.1, 0.15) is 19.8 Å². The Morgan fingerprint density at radius 1 is 1.43 bits per heavy atom. The van der Waals surface area contributed by atoms with Crippen LogP contribution in [-0.4, -0.2) is 42.1 Å². The molecule has 2 nitrogen and oxygen atoms in total. The van der Waals surface area contributed by atoms with Gasteiger partial charge in [0, 0.05) is 19.1 Å². The van der Waals surface area contributed by atoms with Crippen molar-refractivity contribution < 1.29 is 0 Å². The molecule has 0 saturated carbocycles. The highest BCUT2D eigenvalue weighted by Gasteiger charge is 2.30. The molecule has 0 aromatic heterocycles. The fraction of sp³-hybridized carbons (Fsp3) is 1.00. The quantitative estimate of drug-likeness (QED) is 0.770. The van der Waals surface area contributed by atoms with E-state index in [0.717, 1.165) is 24.4 Å². The molecule has 2 fully saturated rings. The van der Waals surface area contributed by atoms with Crippen molar-refractivity contribution >= 4 is 11.8 Å². The van der Waals surface area contributed by atoms with Crippen LogP contribution in [0.25, 0.3) is 0 Å². The zero-order valence-corrected chi connectivity index (χ0v) is 9.93. The molecule has 2 heterocycles. The van der Waals surface area contributed by atoms with Gasteiger partial charge in [0.15, 0.2) is 0 Å². The molecule has 3 atom stereocenters. The summed E-state index contributed by atoms with van der Waals surface area (Å²) in [6, 6.07) is 0.772. The number of hydrogen-bond acceptors (Lipinski definition) is 3. The Morgan fingerprint density at radius 3 is 2.86 bits per heavy atom. The third-order valence-electron chi connectivity index (χ3n) is 3.64. The summed E-state index contributed by atoms with van der Waals surface area (Å²) in [6.07, 6.45) is 2.75. The molecule has 0 aromatic carbocycles. The lowest BCUT2D eigenvalue weighted by molar-refractivity contribution is 0.230. The Morgan fingerprint density at radius 2 is 2.29 bits per heavy atom. The second-order valence-electron chi connectivity index (χ2n) is 4.87. The first-order chi connectivity index (χ1) is 6.79. The van der Waals surface area contributed by atoms with E-state index in [9.17, 15) is 0 Å². The number of thioether (sulfide) groups is 1. The maximum absolute atomic E-state index is 5.74. The van der Waals surface area contributed by atoms with Gasteiger partial charge in [-0.3, -0.25) is 0 Å². The standard InChI is InChI=1S/C11H22N2S/c1-9-4-11(5-12)7-13(9)6-10-2-3-14-8-10/h9-11H,2-8,12H2,1H3. The van der Waals surface area contributed by atoms with E-state index in [1.54, 1.807) is 0 Å². The lowest BCUT2D eigenvalue weighted by Crippen LogP contribution is -2.33. The summed E-state index contributed by atoms with van der Waals surface area (Å²) in [6.45, 7) is 5.81. The predicted molar refractivity (Wildman–Crippen MR) is 63.6 cm³/mol. The number of likely N-dealkylation sites (tertiary alicyclic amines) is 1. The van der Waals surface area contributed by atoms with Crippen LogP contribution in [0.5, 0.6) is 0 Å². The van der Waals surface area contributed by atoms with Crippen molar-refractivity contribution in [3.05, 3.63) is 0 Å². The number of nitrogens with zero attached hydrogens (tertiary/aromatic N) is 1. The first kappa shape index (κ1) is 10.8. The monoisotopic (exact) mass is 214 g/mol. The van der Waals surface area contributed by atoms with Gasteiger partial charge in [0.2, 0.25) is 0 Å². The molecular weight excluding hydrogens is 192 g/mol. The van der Waals surface area contributed by atoms with E-state index < -0.39 is 0 Å². The van der Waals surface area contributed by atoms with Crippen LogP contribution >= 0.6 is 11.8 Å². The van der Waals surface area contributed by atoms with Crippen molar-refractivity contribution in [1.29, 1.82) is 0 Å². The van der Waals surface area contributed by atoms with Crippen LogP contribution in [0.2, 0.25) is 0 Å². The van der Waals surface area contributed by atoms with Crippen molar-refractivity contribution in [1.82, 2.24) is 4.90 Å². The van der Waals surface area contributed by atoms with Gasteiger partial charge in [-0.15, -0.1) is 0 Å². The van der Waals surface area contributed by atoms with Gasteiger partial charge in [-0.05, 0) is 49.7 Å². The molecule has 0 bridgehead atoms. The number of hydrogen-bond donors (Lipinski definition) is 1. The van der Waals surface area contributed by atoms with E-state index in [2.05, 4.69) is 23.6 Å². The van der Waals surface area contributed by atoms with Crippen molar-refractivity contribution in [3.63, 3.8) is 0 Å². The smallest absolute Gasteiger partial charge is 0.00707 e. The van der Waals surface area contributed by atoms with Gasteiger partial charge in [0.1, 0.15) is 0 Å². The highest BCUT2D eigenvalue weighted by Crippen LogP contribution is 2.28. The molecule has 2 saturated heterocycles. The molecule has 0 aromatic rings. The zero-order valence-electron chi connectivity index (χ0n) is 9.11. The largest absolute Gasteiger partial charge is 0.330 e. The molecule has 0 amide bonds. The SMILES string of the molecule is CC1CC(CN)CN1CC1CCSC1. The lowest BCUT2D eigenvalue weighted by atomic mass is 10.1. The van der Waals surface area contributed by atoms with Gasteiger partial charge >= 0.3 is 0 Å². The molecular formula is C11H22N2S. The van der Waals surface area contributed by atoms with E-state index in [1.807, 2.05) is 0 Å². The van der Waals surface area contributed by atoms with Crippen molar-refractivity contribution in [2.45, 2.75) is 25.8 Å². The van der Waals surface area contributed by atoms with Crippen LogP contribution in [0, 0.1) is 11.8 Å². The molecule has 0 radical (unpaired) electrons. The normalized spacial score (nSPS) is 39.4. The summed E-state index contributed by atoms with van der Waals surface area (Å²) in [4.78, 5) is 2.66. The Kier molecular flexibility index (Phi) is 3.74. The summed E-state index contributed by atoms with van der Waals surface area (Å²) in [5, 5.41) is 0. The van der Waals surface area contributed by atoms with E-state index in [-0.39, 0.29) is 0 Å². The van der Waals surface area contributed by atoms with Crippen molar-refractivity contribution in [2.24, 2.45) is 17.6 Å². The van der Waals surface area contributed by atoms with Gasteiger partial charge < -0.3 is 10.6 Å². The van der Waals surface area contributed by atoms with Crippen LogP contribution < -0.4 is 5.73 Å². The average molecular weight is 214 g/mol. The highest BCUT2D eigenvalue weighted by atomic mass is 32.2. The molecule has 14 heavy (non-hydrogen) atoms. The lowest BCUT2D eigenvalue weighted by Gasteiger charge is -2.24. The molecule has 2 N–H and O–H groups in total. The molecule has 3 unspecified atom stereocenters. The Hall–Kier alpha value is 0.270. The third-order valence-corrected chi connectivity index (χ3v) is 4.87. The molecule has 2 rings (SSSR count). The molecule has 82 valence electrons. The topological polar surface area (TPSA) is 29.3 Å². The van der Waals surface area contributed by atoms with Gasteiger partial charge in [-0.2, -0.15) is 11.8 Å². The number of rotatable bonds is 3. The summed E-state index contributed by atoms with van der Waals surface area (Å²) >= 11 is 2.12. The minimum atomic E-state index is 0.763. The maximum atomic E-state index is 5.74. The summed E-state index contributed by atoms with van der Waals surface area (Å²) in [5.74, 6) is 4.49. The van der Waals surface area contributed by atoms with Gasteiger partial charge in [-0.25, -0.2) is 0 Å². The van der Waals surface area contributed by atoms with Crippen LogP contribution in [-0.2, 0) is 0 Å². The minimum absolute atomic E-state index is 0.763. The zero-order chi connectivity index (χ0) is 9.97. The van der Waals surface area contributed by atoms with Crippen LogP contribution in [0.4, 0.5) is 0 Å². The summed E-state index contributed by atoms with van der Waals surface area (Å²) < 4.78 is 0. The van der Waals surface area contributed by atoms with Gasteiger partial charge in [-0.1, -0.05) is 0 Å². The van der Waals surface area contributed by atoms with E-state index >= 15 is 0 Å². The predicted octanol–water partition coefficient (Wildman–Crippen LogP) is 1.41. The maximum Gasteiger partial charge on any atom is 0.00707 e. The summed E-state index contributed by atoms with van der Waals surface area (Å²) in [7, 11) is 0. The molecule has 3 heteroatoms. The molecule has 2 aliphatic rings. The van der Waals surface area contributed by atoms with Crippen LogP contribution in [0.15, 0.2) is 0 Å². The first-order valence-electron chi connectivity index (χ1n) is 5.81. The third kappa shape index (κ3) is 2.44. The highest BCUT2D eigenvalue weighted by molar-refractivity contribution is 7.99. The molecule has 2 aliphatic heterocycles. The van der Waals surface area contributed by atoms with Crippen molar-refractivity contribution in [2.75, 3.05) is 31.1 Å². The van der Waals surface area contributed by atoms with Crippen molar-refractivity contribution in [3.8, 4) is 0 Å². The fourth-order valence-electron chi connectivity index (χ4n) is 2.70. The first-order valence-corrected chi connectivity index (χ1v) is 6.97. The Bertz CT molecular complexity index is 180. The summed E-state index contributed by atoms with van der Waals surface area (Å²) in [5.41, 5.74) is 5.74. The van der Waals surface area contributed by atoms with E-state index in [0.29, 0.717) is 0 Å². The van der Waals surface area contributed by atoms with E-state index in [1.165, 1.54) is 37.4 Å². The average Bonchev–Trinajstić information content (AvgIpc) is 2.78. The fourth-order valence-corrected chi connectivity index (χ4v) is 3.97.